The van der Waals surface area contributed by atoms with Crippen LogP contribution < -0.4 is 10.5 Å². The number of ether oxygens (including phenoxy) is 1. The molecule has 2 N–H and O–H groups in total. The molecule has 0 atom stereocenters. The molecule has 0 aromatic heterocycles. The predicted molar refractivity (Wildman–Crippen MR) is 69.8 cm³/mol. The molecule has 3 heteroatoms. The number of anilines is 1. The molecule has 0 heterocycles. The standard InChI is InChI=1S/C14H20N2O/c1-2-3-4-5-6-9-17-13-7-8-14(16)12(10-13)11-15/h7-8,10H,2-6,9,16H2,1H3. The van der Waals surface area contributed by atoms with E-state index in [-0.39, 0.29) is 0 Å². The van der Waals surface area contributed by atoms with Gasteiger partial charge in [0.2, 0.25) is 0 Å². The smallest absolute Gasteiger partial charge is 0.120 e. The number of rotatable bonds is 7. The molecule has 0 aliphatic heterocycles. The molecule has 0 saturated carbocycles. The van der Waals surface area contributed by atoms with Crippen molar-refractivity contribution in [1.29, 1.82) is 5.26 Å². The maximum Gasteiger partial charge on any atom is 0.120 e. The average molecular weight is 232 g/mol. The fourth-order valence-corrected chi connectivity index (χ4v) is 1.62. The summed E-state index contributed by atoms with van der Waals surface area (Å²) >= 11 is 0. The maximum absolute atomic E-state index is 8.83. The van der Waals surface area contributed by atoms with Crippen LogP contribution in [-0.2, 0) is 0 Å². The molecule has 0 amide bonds. The lowest BCUT2D eigenvalue weighted by atomic mass is 10.1. The molecule has 3 nitrogen and oxygen atoms in total. The molecular weight excluding hydrogens is 212 g/mol. The van der Waals surface area contributed by atoms with Crippen molar-refractivity contribution in [3.05, 3.63) is 23.8 Å². The van der Waals surface area contributed by atoms with E-state index in [1.807, 2.05) is 12.1 Å². The van der Waals surface area contributed by atoms with Gasteiger partial charge in [-0.1, -0.05) is 32.6 Å². The number of unbranched alkanes of at least 4 members (excludes halogenated alkanes) is 4. The predicted octanol–water partition coefficient (Wildman–Crippen LogP) is 3.49. The van der Waals surface area contributed by atoms with Gasteiger partial charge < -0.3 is 10.5 Å². The van der Waals surface area contributed by atoms with E-state index in [4.69, 9.17) is 15.7 Å². The Bertz CT molecular complexity index is 382. The van der Waals surface area contributed by atoms with Crippen LogP contribution in [0.3, 0.4) is 0 Å². The quantitative estimate of drug-likeness (QED) is 0.578. The Labute approximate surface area is 103 Å². The zero-order valence-corrected chi connectivity index (χ0v) is 10.4. The van der Waals surface area contributed by atoms with Crippen LogP contribution in [0.4, 0.5) is 5.69 Å². The Morgan fingerprint density at radius 3 is 2.71 bits per heavy atom. The van der Waals surface area contributed by atoms with Crippen LogP contribution in [0.5, 0.6) is 5.75 Å². The first-order valence-electron chi connectivity index (χ1n) is 6.20. The third-order valence-corrected chi connectivity index (χ3v) is 2.66. The molecule has 17 heavy (non-hydrogen) atoms. The first kappa shape index (κ1) is 13.4. The van der Waals surface area contributed by atoms with E-state index in [2.05, 4.69) is 6.92 Å². The van der Waals surface area contributed by atoms with Crippen molar-refractivity contribution in [2.45, 2.75) is 39.0 Å². The van der Waals surface area contributed by atoms with E-state index in [0.717, 1.165) is 12.2 Å². The van der Waals surface area contributed by atoms with Gasteiger partial charge in [0.1, 0.15) is 11.8 Å². The van der Waals surface area contributed by atoms with Gasteiger partial charge in [-0.2, -0.15) is 5.26 Å². The van der Waals surface area contributed by atoms with Gasteiger partial charge in [-0.3, -0.25) is 0 Å². The SMILES string of the molecule is CCCCCCCOc1ccc(N)c(C#N)c1. The van der Waals surface area contributed by atoms with Crippen molar-refractivity contribution >= 4 is 5.69 Å². The fourth-order valence-electron chi connectivity index (χ4n) is 1.62. The highest BCUT2D eigenvalue weighted by Crippen LogP contribution is 2.19. The van der Waals surface area contributed by atoms with Gasteiger partial charge in [-0.05, 0) is 24.6 Å². The lowest BCUT2D eigenvalue weighted by Gasteiger charge is -2.07. The van der Waals surface area contributed by atoms with Crippen LogP contribution in [0.15, 0.2) is 18.2 Å². The minimum atomic E-state index is 0.480. The normalized spacial score (nSPS) is 9.88. The van der Waals surface area contributed by atoms with Crippen LogP contribution in [-0.4, -0.2) is 6.61 Å². The molecule has 0 spiro atoms. The molecule has 0 unspecified atom stereocenters. The molecule has 0 radical (unpaired) electrons. The van der Waals surface area contributed by atoms with Crippen molar-refractivity contribution in [3.8, 4) is 11.8 Å². The topological polar surface area (TPSA) is 59.0 Å². The Balaban J connectivity index is 2.30. The van der Waals surface area contributed by atoms with Crippen LogP contribution in [0.1, 0.15) is 44.6 Å². The van der Waals surface area contributed by atoms with Gasteiger partial charge in [-0.15, -0.1) is 0 Å². The van der Waals surface area contributed by atoms with Crippen LogP contribution in [0.2, 0.25) is 0 Å². The lowest BCUT2D eigenvalue weighted by molar-refractivity contribution is 0.304. The summed E-state index contributed by atoms with van der Waals surface area (Å²) in [5, 5.41) is 8.83. The minimum absolute atomic E-state index is 0.480. The van der Waals surface area contributed by atoms with Crippen LogP contribution in [0.25, 0.3) is 0 Å². The number of nitrogens with zero attached hydrogens (tertiary/aromatic N) is 1. The van der Waals surface area contributed by atoms with Gasteiger partial charge in [0.05, 0.1) is 12.2 Å². The lowest BCUT2D eigenvalue weighted by Crippen LogP contribution is -1.98. The van der Waals surface area contributed by atoms with Crippen LogP contribution in [0, 0.1) is 11.3 Å². The molecule has 1 aromatic carbocycles. The largest absolute Gasteiger partial charge is 0.494 e. The molecule has 0 bridgehead atoms. The summed E-state index contributed by atoms with van der Waals surface area (Å²) in [5.41, 5.74) is 6.61. The molecule has 0 fully saturated rings. The molecule has 0 aliphatic carbocycles. The van der Waals surface area contributed by atoms with Crippen molar-refractivity contribution in [1.82, 2.24) is 0 Å². The number of nitriles is 1. The second-order valence-electron chi connectivity index (χ2n) is 4.12. The summed E-state index contributed by atoms with van der Waals surface area (Å²) in [6, 6.07) is 7.27. The summed E-state index contributed by atoms with van der Waals surface area (Å²) in [6.07, 6.45) is 6.08. The van der Waals surface area contributed by atoms with Gasteiger partial charge in [0.25, 0.3) is 0 Å². The molecule has 0 saturated heterocycles. The van der Waals surface area contributed by atoms with E-state index in [1.54, 1.807) is 12.1 Å². The molecular formula is C14H20N2O. The zero-order valence-electron chi connectivity index (χ0n) is 10.4. The van der Waals surface area contributed by atoms with E-state index in [1.165, 1.54) is 25.7 Å². The summed E-state index contributed by atoms with van der Waals surface area (Å²) in [7, 11) is 0. The number of hydrogen-bond acceptors (Lipinski definition) is 3. The van der Waals surface area contributed by atoms with E-state index in [0.29, 0.717) is 17.9 Å². The van der Waals surface area contributed by atoms with Crippen molar-refractivity contribution in [3.63, 3.8) is 0 Å². The Kier molecular flexibility index (Phi) is 5.95. The molecule has 1 rings (SSSR count). The Morgan fingerprint density at radius 2 is 2.00 bits per heavy atom. The van der Waals surface area contributed by atoms with Crippen molar-refractivity contribution in [2.75, 3.05) is 12.3 Å². The molecule has 0 aliphatic rings. The molecule has 92 valence electrons. The van der Waals surface area contributed by atoms with Crippen molar-refractivity contribution in [2.24, 2.45) is 0 Å². The zero-order chi connectivity index (χ0) is 12.5. The Morgan fingerprint density at radius 1 is 1.24 bits per heavy atom. The highest BCUT2D eigenvalue weighted by atomic mass is 16.5. The summed E-state index contributed by atoms with van der Waals surface area (Å²) in [6.45, 7) is 2.91. The fraction of sp³-hybridized carbons (Fsp3) is 0.500. The van der Waals surface area contributed by atoms with Gasteiger partial charge in [0, 0.05) is 5.69 Å². The van der Waals surface area contributed by atoms with E-state index in [9.17, 15) is 0 Å². The highest BCUT2D eigenvalue weighted by molar-refractivity contribution is 5.56. The molecule has 1 aromatic rings. The number of nitrogens with two attached hydrogens (primary N) is 1. The summed E-state index contributed by atoms with van der Waals surface area (Å²) < 4.78 is 5.58. The van der Waals surface area contributed by atoms with E-state index < -0.39 is 0 Å². The second-order valence-corrected chi connectivity index (χ2v) is 4.12. The second kappa shape index (κ2) is 7.56. The van der Waals surface area contributed by atoms with Gasteiger partial charge in [0.15, 0.2) is 0 Å². The van der Waals surface area contributed by atoms with E-state index >= 15 is 0 Å². The van der Waals surface area contributed by atoms with Gasteiger partial charge in [-0.25, -0.2) is 0 Å². The first-order valence-corrected chi connectivity index (χ1v) is 6.20. The highest BCUT2D eigenvalue weighted by Gasteiger charge is 2.00. The first-order chi connectivity index (χ1) is 8.27. The summed E-state index contributed by atoms with van der Waals surface area (Å²) in [5.74, 6) is 0.728. The monoisotopic (exact) mass is 232 g/mol. The van der Waals surface area contributed by atoms with Crippen molar-refractivity contribution < 1.29 is 4.74 Å². The minimum Gasteiger partial charge on any atom is -0.494 e. The number of benzene rings is 1. The number of hydrogen-bond donors (Lipinski definition) is 1. The summed E-state index contributed by atoms with van der Waals surface area (Å²) in [4.78, 5) is 0. The van der Waals surface area contributed by atoms with Gasteiger partial charge >= 0.3 is 0 Å². The average Bonchev–Trinajstić information content (AvgIpc) is 2.35. The van der Waals surface area contributed by atoms with Crippen LogP contribution >= 0.6 is 0 Å². The Hall–Kier alpha value is -1.69. The maximum atomic E-state index is 8.83. The third-order valence-electron chi connectivity index (χ3n) is 2.66. The third kappa shape index (κ3) is 4.78. The number of nitrogen functional groups attached to an aromatic ring is 1.